The van der Waals surface area contributed by atoms with Crippen LogP contribution in [-0.2, 0) is 4.74 Å². The Morgan fingerprint density at radius 2 is 2.25 bits per heavy atom. The Kier molecular flexibility index (Phi) is 5.80. The van der Waals surface area contributed by atoms with Crippen molar-refractivity contribution in [1.29, 1.82) is 0 Å². The number of ether oxygens (including phenoxy) is 1. The molecule has 1 saturated heterocycles. The fourth-order valence-corrected chi connectivity index (χ4v) is 2.51. The van der Waals surface area contributed by atoms with Crippen molar-refractivity contribution >= 4 is 41.8 Å². The van der Waals surface area contributed by atoms with Crippen molar-refractivity contribution in [1.82, 2.24) is 15.3 Å². The van der Waals surface area contributed by atoms with Crippen LogP contribution in [-0.4, -0.2) is 36.1 Å². The Labute approximate surface area is 129 Å². The third kappa shape index (κ3) is 2.90. The number of hydrogen-bond acceptors (Lipinski definition) is 4. The zero-order chi connectivity index (χ0) is 12.5. The molecule has 1 aliphatic rings. The van der Waals surface area contributed by atoms with E-state index in [1.54, 1.807) is 6.20 Å². The third-order valence-corrected chi connectivity index (χ3v) is 3.48. The first-order valence-corrected chi connectivity index (χ1v) is 6.05. The third-order valence-electron chi connectivity index (χ3n) is 3.48. The molecule has 20 heavy (non-hydrogen) atoms. The number of pyridine rings is 1. The number of H-pyrrole nitrogens is 1. The molecule has 0 amide bonds. The number of aromatic amines is 1. The number of esters is 1. The summed E-state index contributed by atoms with van der Waals surface area (Å²) >= 11 is 0. The summed E-state index contributed by atoms with van der Waals surface area (Å²) in [6.45, 7) is 2.02. The molecule has 0 aromatic carbocycles. The number of nitrogens with zero attached hydrogens (tertiary/aromatic N) is 1. The molecule has 3 heterocycles. The molecule has 0 spiro atoms. The van der Waals surface area contributed by atoms with Gasteiger partial charge in [-0.15, -0.1) is 24.8 Å². The van der Waals surface area contributed by atoms with Crippen LogP contribution in [0.4, 0.5) is 0 Å². The lowest BCUT2D eigenvalue weighted by Crippen LogP contribution is -2.07. The van der Waals surface area contributed by atoms with E-state index in [0.717, 1.165) is 30.5 Å². The Morgan fingerprint density at radius 3 is 2.90 bits per heavy atom. The minimum Gasteiger partial charge on any atom is -0.465 e. The predicted octanol–water partition coefficient (Wildman–Crippen LogP) is 2.27. The molecule has 0 saturated carbocycles. The van der Waals surface area contributed by atoms with Crippen molar-refractivity contribution in [2.24, 2.45) is 0 Å². The minimum atomic E-state index is -0.346. The van der Waals surface area contributed by atoms with Crippen LogP contribution in [0, 0.1) is 0 Å². The molecule has 0 bridgehead atoms. The van der Waals surface area contributed by atoms with Crippen LogP contribution >= 0.6 is 24.8 Å². The van der Waals surface area contributed by atoms with Crippen LogP contribution in [0.2, 0.25) is 0 Å². The van der Waals surface area contributed by atoms with Gasteiger partial charge in [0.15, 0.2) is 0 Å². The summed E-state index contributed by atoms with van der Waals surface area (Å²) < 4.78 is 4.73. The van der Waals surface area contributed by atoms with Gasteiger partial charge in [0.05, 0.1) is 12.7 Å². The Morgan fingerprint density at radius 1 is 1.45 bits per heavy atom. The number of halogens is 2. The van der Waals surface area contributed by atoms with Crippen molar-refractivity contribution in [3.63, 3.8) is 0 Å². The Bertz CT molecular complexity index is 594. The van der Waals surface area contributed by atoms with Gasteiger partial charge in [-0.2, -0.15) is 0 Å². The van der Waals surface area contributed by atoms with Crippen molar-refractivity contribution in [3.05, 3.63) is 29.6 Å². The van der Waals surface area contributed by atoms with Gasteiger partial charge in [-0.05, 0) is 30.5 Å². The van der Waals surface area contributed by atoms with E-state index < -0.39 is 0 Å². The molecule has 0 aliphatic carbocycles. The molecule has 2 N–H and O–H groups in total. The predicted molar refractivity (Wildman–Crippen MR) is 82.2 cm³/mol. The van der Waals surface area contributed by atoms with Crippen LogP contribution < -0.4 is 5.32 Å². The zero-order valence-corrected chi connectivity index (χ0v) is 12.6. The van der Waals surface area contributed by atoms with Crippen molar-refractivity contribution in [2.45, 2.75) is 12.3 Å². The molecule has 2 aromatic rings. The summed E-state index contributed by atoms with van der Waals surface area (Å²) in [6.07, 6.45) is 4.66. The molecule has 5 nitrogen and oxygen atoms in total. The number of carbonyl (C=O) groups excluding carboxylic acids is 1. The zero-order valence-electron chi connectivity index (χ0n) is 11.0. The van der Waals surface area contributed by atoms with E-state index in [2.05, 4.69) is 15.3 Å². The van der Waals surface area contributed by atoms with Gasteiger partial charge in [0.25, 0.3) is 0 Å². The van der Waals surface area contributed by atoms with Crippen LogP contribution in [0.25, 0.3) is 11.0 Å². The number of nitrogens with one attached hydrogen (secondary N) is 2. The molecule has 1 atom stereocenters. The fraction of sp³-hybridized carbons (Fsp3) is 0.385. The lowest BCUT2D eigenvalue weighted by Gasteiger charge is -2.06. The first-order chi connectivity index (χ1) is 8.79. The van der Waals surface area contributed by atoms with Gasteiger partial charge in [-0.3, -0.25) is 0 Å². The minimum absolute atomic E-state index is 0. The highest BCUT2D eigenvalue weighted by Crippen LogP contribution is 2.29. The fourth-order valence-electron chi connectivity index (χ4n) is 2.51. The number of aromatic nitrogens is 2. The van der Waals surface area contributed by atoms with Gasteiger partial charge in [-0.1, -0.05) is 0 Å². The highest BCUT2D eigenvalue weighted by Gasteiger charge is 2.21. The van der Waals surface area contributed by atoms with Crippen molar-refractivity contribution < 1.29 is 9.53 Å². The number of methoxy groups -OCH3 is 1. The van der Waals surface area contributed by atoms with E-state index in [1.807, 2.05) is 12.3 Å². The second-order valence-corrected chi connectivity index (χ2v) is 4.55. The SMILES string of the molecule is COC(=O)c1cnc2[nH]cc(C3CCNC3)c2c1.Cl.Cl. The van der Waals surface area contributed by atoms with Crippen LogP contribution in [0.3, 0.4) is 0 Å². The molecular weight excluding hydrogens is 301 g/mol. The summed E-state index contributed by atoms with van der Waals surface area (Å²) in [5, 5.41) is 4.37. The van der Waals surface area contributed by atoms with E-state index in [4.69, 9.17) is 4.74 Å². The lowest BCUT2D eigenvalue weighted by atomic mass is 9.98. The molecule has 7 heteroatoms. The van der Waals surface area contributed by atoms with Crippen LogP contribution in [0.15, 0.2) is 18.5 Å². The number of fused-ring (bicyclic) bond motifs is 1. The summed E-state index contributed by atoms with van der Waals surface area (Å²) in [7, 11) is 1.38. The van der Waals surface area contributed by atoms with Gasteiger partial charge in [0.1, 0.15) is 5.65 Å². The Hall–Kier alpha value is -1.30. The maximum absolute atomic E-state index is 11.5. The van der Waals surface area contributed by atoms with E-state index >= 15 is 0 Å². The second-order valence-electron chi connectivity index (χ2n) is 4.55. The van der Waals surface area contributed by atoms with Gasteiger partial charge in [0, 0.05) is 24.3 Å². The molecular formula is C13H17Cl2N3O2. The quantitative estimate of drug-likeness (QED) is 0.834. The maximum atomic E-state index is 11.5. The van der Waals surface area contributed by atoms with Gasteiger partial charge >= 0.3 is 5.97 Å². The highest BCUT2D eigenvalue weighted by atomic mass is 35.5. The summed E-state index contributed by atoms with van der Waals surface area (Å²) in [5.74, 6) is 0.148. The van der Waals surface area contributed by atoms with E-state index in [-0.39, 0.29) is 30.8 Å². The topological polar surface area (TPSA) is 67.0 Å². The molecule has 1 unspecified atom stereocenters. The van der Waals surface area contributed by atoms with E-state index in [9.17, 15) is 4.79 Å². The summed E-state index contributed by atoms with van der Waals surface area (Å²) in [4.78, 5) is 19.0. The van der Waals surface area contributed by atoms with Gasteiger partial charge in [-0.25, -0.2) is 9.78 Å². The lowest BCUT2D eigenvalue weighted by molar-refractivity contribution is 0.0600. The smallest absolute Gasteiger partial charge is 0.339 e. The first kappa shape index (κ1) is 16.8. The average molecular weight is 318 g/mol. The molecule has 0 radical (unpaired) electrons. The Balaban J connectivity index is 0.000001000. The van der Waals surface area contributed by atoms with Crippen molar-refractivity contribution in [3.8, 4) is 0 Å². The normalized spacial score (nSPS) is 17.4. The van der Waals surface area contributed by atoms with Gasteiger partial charge in [0.2, 0.25) is 0 Å². The monoisotopic (exact) mass is 317 g/mol. The number of carbonyl (C=O) groups is 1. The second kappa shape index (κ2) is 6.92. The van der Waals surface area contributed by atoms with E-state index in [1.165, 1.54) is 12.7 Å². The standard InChI is InChI=1S/C13H15N3O2.2ClH/c1-18-13(17)9-4-10-11(8-2-3-14-5-8)7-16-12(10)15-6-9;;/h4,6-8,14H,2-3,5H2,1H3,(H,15,16);2*1H. The van der Waals surface area contributed by atoms with E-state index in [0.29, 0.717) is 11.5 Å². The van der Waals surface area contributed by atoms with Crippen LogP contribution in [0.1, 0.15) is 28.3 Å². The van der Waals surface area contributed by atoms with Crippen LogP contribution in [0.5, 0.6) is 0 Å². The van der Waals surface area contributed by atoms with Crippen molar-refractivity contribution in [2.75, 3.05) is 20.2 Å². The largest absolute Gasteiger partial charge is 0.465 e. The maximum Gasteiger partial charge on any atom is 0.339 e. The van der Waals surface area contributed by atoms with Gasteiger partial charge < -0.3 is 15.0 Å². The molecule has 1 aliphatic heterocycles. The molecule has 3 rings (SSSR count). The molecule has 110 valence electrons. The summed E-state index contributed by atoms with van der Waals surface area (Å²) in [5.41, 5.74) is 2.55. The first-order valence-electron chi connectivity index (χ1n) is 6.05. The number of hydrogen-bond donors (Lipinski definition) is 2. The number of rotatable bonds is 2. The average Bonchev–Trinajstić information content (AvgIpc) is 3.05. The highest BCUT2D eigenvalue weighted by molar-refractivity contribution is 5.94. The molecule has 1 fully saturated rings. The molecule has 2 aromatic heterocycles. The summed E-state index contributed by atoms with van der Waals surface area (Å²) in [6, 6.07) is 1.86.